The van der Waals surface area contributed by atoms with E-state index in [1.807, 2.05) is 0 Å². The van der Waals surface area contributed by atoms with Crippen molar-refractivity contribution < 1.29 is 23.1 Å². The lowest BCUT2D eigenvalue weighted by atomic mass is 10.0. The van der Waals surface area contributed by atoms with E-state index in [-0.39, 0.29) is 5.76 Å². The van der Waals surface area contributed by atoms with Gasteiger partial charge in [-0.25, -0.2) is 4.98 Å². The highest BCUT2D eigenvalue weighted by Gasteiger charge is 2.37. The minimum atomic E-state index is -4.46. The van der Waals surface area contributed by atoms with E-state index in [0.29, 0.717) is 16.8 Å². The van der Waals surface area contributed by atoms with Gasteiger partial charge in [-0.05, 0) is 35.9 Å². The Labute approximate surface area is 145 Å². The van der Waals surface area contributed by atoms with Crippen molar-refractivity contribution in [3.63, 3.8) is 0 Å². The molecule has 0 saturated heterocycles. The fraction of sp³-hybridized carbons (Fsp3) is 0.111. The van der Waals surface area contributed by atoms with E-state index >= 15 is 0 Å². The van der Waals surface area contributed by atoms with Crippen molar-refractivity contribution >= 4 is 22.6 Å². The summed E-state index contributed by atoms with van der Waals surface area (Å²) < 4.78 is 38.3. The summed E-state index contributed by atoms with van der Waals surface area (Å²) in [4.78, 5) is 20.6. The Bertz CT molecular complexity index is 1020. The average Bonchev–Trinajstić information content (AvgIpc) is 3.17. The molecule has 4 rings (SSSR count). The van der Waals surface area contributed by atoms with Gasteiger partial charge in [-0.2, -0.15) is 13.2 Å². The van der Waals surface area contributed by atoms with E-state index in [9.17, 15) is 23.1 Å². The van der Waals surface area contributed by atoms with E-state index in [1.54, 1.807) is 18.2 Å². The van der Waals surface area contributed by atoms with Gasteiger partial charge in [-0.1, -0.05) is 12.1 Å². The van der Waals surface area contributed by atoms with Crippen LogP contribution in [0.2, 0.25) is 0 Å². The molecular weight excluding hydrogens is 347 g/mol. The van der Waals surface area contributed by atoms with Crippen molar-refractivity contribution in [2.75, 3.05) is 4.90 Å². The smallest absolute Gasteiger partial charge is 0.416 e. The molecule has 2 aromatic carbocycles. The van der Waals surface area contributed by atoms with E-state index in [4.69, 9.17) is 0 Å². The number of hydrogen-bond acceptors (Lipinski definition) is 3. The average molecular weight is 358 g/mol. The fourth-order valence-corrected chi connectivity index (χ4v) is 2.98. The number of rotatable bonds is 2. The predicted molar refractivity (Wildman–Crippen MR) is 87.1 cm³/mol. The third-order valence-corrected chi connectivity index (χ3v) is 4.21. The van der Waals surface area contributed by atoms with Crippen LogP contribution in [-0.4, -0.2) is 21.0 Å². The van der Waals surface area contributed by atoms with Gasteiger partial charge in [0.1, 0.15) is 11.8 Å². The second kappa shape index (κ2) is 5.62. The summed E-state index contributed by atoms with van der Waals surface area (Å²) in [6.45, 7) is 0. The first-order valence-electron chi connectivity index (χ1n) is 7.61. The highest BCUT2D eigenvalue weighted by atomic mass is 19.4. The molecule has 1 amide bonds. The van der Waals surface area contributed by atoms with E-state index < -0.39 is 23.7 Å². The largest absolute Gasteiger partial charge is 0.509 e. The zero-order valence-corrected chi connectivity index (χ0v) is 13.1. The zero-order valence-electron chi connectivity index (χ0n) is 13.1. The topological polar surface area (TPSA) is 69.2 Å². The fourth-order valence-electron chi connectivity index (χ4n) is 2.98. The molecule has 26 heavy (non-hydrogen) atoms. The number of carbonyl (C=O) groups is 1. The molecule has 131 valence electrons. The summed E-state index contributed by atoms with van der Waals surface area (Å²) in [6, 6.07) is 8.41. The van der Waals surface area contributed by atoms with Crippen LogP contribution >= 0.6 is 0 Å². The third kappa shape index (κ3) is 2.59. The standard InChI is InChI=1S/C18H11F3N3O2/c19-18(20,21)11-3-1-10(2-4-11)17-15(25)8-16(26)24(17)12-5-6-13-14(7-12)23-9-22-13/h1-7,9,17,25H,(H,22,23). The number of nitrogens with zero attached hydrogens (tertiary/aromatic N) is 2. The van der Waals surface area contributed by atoms with E-state index in [0.717, 1.165) is 17.6 Å². The lowest BCUT2D eigenvalue weighted by molar-refractivity contribution is -0.137. The number of alkyl halides is 3. The Hall–Kier alpha value is -3.29. The molecule has 2 N–H and O–H groups in total. The number of fused-ring (bicyclic) bond motifs is 1. The number of nitrogens with one attached hydrogen (secondary N) is 1. The monoisotopic (exact) mass is 358 g/mol. The molecule has 1 radical (unpaired) electrons. The SMILES string of the molecule is O=C1[C]=C(O)C(c2ccc(C(F)(F)F)cc2)N1c1ccc2[nH]cnc2c1. The number of aliphatic hydroxyl groups excluding tert-OH is 1. The highest BCUT2D eigenvalue weighted by molar-refractivity contribution is 6.03. The molecular formula is C18H11F3N3O2. The number of hydrogen-bond donors (Lipinski definition) is 2. The van der Waals surface area contributed by atoms with Gasteiger partial charge in [-0.15, -0.1) is 0 Å². The van der Waals surface area contributed by atoms with Gasteiger partial charge in [0.15, 0.2) is 0 Å². The molecule has 0 saturated carbocycles. The summed E-state index contributed by atoms with van der Waals surface area (Å²) in [7, 11) is 0. The van der Waals surface area contributed by atoms with E-state index in [1.165, 1.54) is 23.4 Å². The van der Waals surface area contributed by atoms with Crippen molar-refractivity contribution in [1.82, 2.24) is 9.97 Å². The molecule has 1 aromatic heterocycles. The van der Waals surface area contributed by atoms with Gasteiger partial charge in [0.25, 0.3) is 5.91 Å². The Kier molecular flexibility index (Phi) is 3.50. The maximum Gasteiger partial charge on any atom is 0.416 e. The van der Waals surface area contributed by atoms with Crippen molar-refractivity contribution in [3.05, 3.63) is 71.8 Å². The minimum absolute atomic E-state index is 0.343. The first-order chi connectivity index (χ1) is 12.3. The van der Waals surface area contributed by atoms with Crippen molar-refractivity contribution in [1.29, 1.82) is 0 Å². The van der Waals surface area contributed by atoms with Crippen molar-refractivity contribution in [2.45, 2.75) is 12.2 Å². The number of carbonyl (C=O) groups excluding carboxylic acids is 1. The van der Waals surface area contributed by atoms with Gasteiger partial charge in [0, 0.05) is 5.69 Å². The lowest BCUT2D eigenvalue weighted by Crippen LogP contribution is -2.29. The Balaban J connectivity index is 1.75. The second-order valence-electron chi connectivity index (χ2n) is 5.81. The summed E-state index contributed by atoms with van der Waals surface area (Å²) >= 11 is 0. The maximum atomic E-state index is 12.8. The zero-order chi connectivity index (χ0) is 18.5. The Morgan fingerprint density at radius 1 is 1.15 bits per heavy atom. The van der Waals surface area contributed by atoms with Gasteiger partial charge in [0.2, 0.25) is 0 Å². The van der Waals surface area contributed by atoms with Crippen molar-refractivity contribution in [3.8, 4) is 0 Å². The highest BCUT2D eigenvalue weighted by Crippen LogP contribution is 2.38. The number of imidazole rings is 1. The van der Waals surface area contributed by atoms with Crippen LogP contribution in [0, 0.1) is 6.08 Å². The number of amides is 1. The summed E-state index contributed by atoms with van der Waals surface area (Å²) in [5.41, 5.74) is 1.38. The second-order valence-corrected chi connectivity index (χ2v) is 5.81. The molecule has 1 atom stereocenters. The molecule has 0 fully saturated rings. The molecule has 1 aliphatic rings. The predicted octanol–water partition coefficient (Wildman–Crippen LogP) is 3.91. The minimum Gasteiger partial charge on any atom is -0.509 e. The van der Waals surface area contributed by atoms with Gasteiger partial charge >= 0.3 is 6.18 Å². The molecule has 3 aromatic rings. The van der Waals surface area contributed by atoms with Crippen LogP contribution in [0.4, 0.5) is 18.9 Å². The van der Waals surface area contributed by atoms with Gasteiger partial charge < -0.3 is 10.1 Å². The normalized spacial score (nSPS) is 17.8. The molecule has 0 bridgehead atoms. The third-order valence-electron chi connectivity index (χ3n) is 4.21. The molecule has 1 aliphatic heterocycles. The van der Waals surface area contributed by atoms with Crippen LogP contribution in [0.1, 0.15) is 17.2 Å². The molecule has 5 nitrogen and oxygen atoms in total. The van der Waals surface area contributed by atoms with Crippen LogP contribution in [0.15, 0.2) is 54.6 Å². The van der Waals surface area contributed by atoms with Crippen LogP contribution < -0.4 is 4.90 Å². The number of aliphatic hydroxyl groups is 1. The lowest BCUT2D eigenvalue weighted by Gasteiger charge is -2.26. The summed E-state index contributed by atoms with van der Waals surface area (Å²) in [6.07, 6.45) is -0.641. The first-order valence-corrected chi connectivity index (χ1v) is 7.61. The number of aromatic nitrogens is 2. The number of halogens is 3. The molecule has 0 aliphatic carbocycles. The molecule has 8 heteroatoms. The molecule has 1 unspecified atom stereocenters. The Morgan fingerprint density at radius 2 is 1.88 bits per heavy atom. The van der Waals surface area contributed by atoms with Crippen LogP contribution in [0.3, 0.4) is 0 Å². The summed E-state index contributed by atoms with van der Waals surface area (Å²) in [5, 5.41) is 10.1. The van der Waals surface area contributed by atoms with Crippen molar-refractivity contribution in [2.24, 2.45) is 0 Å². The number of benzene rings is 2. The summed E-state index contributed by atoms with van der Waals surface area (Å²) in [5.74, 6) is -0.931. The van der Waals surface area contributed by atoms with Gasteiger partial charge in [-0.3, -0.25) is 9.69 Å². The maximum absolute atomic E-state index is 12.8. The number of aromatic amines is 1. The molecule has 0 spiro atoms. The first kappa shape index (κ1) is 16.2. The van der Waals surface area contributed by atoms with E-state index in [2.05, 4.69) is 16.0 Å². The van der Waals surface area contributed by atoms with Gasteiger partial charge in [0.05, 0.1) is 29.0 Å². The van der Waals surface area contributed by atoms with Crippen LogP contribution in [0.25, 0.3) is 11.0 Å². The Morgan fingerprint density at radius 3 is 2.58 bits per heavy atom. The van der Waals surface area contributed by atoms with Crippen LogP contribution in [-0.2, 0) is 11.0 Å². The van der Waals surface area contributed by atoms with Crippen LogP contribution in [0.5, 0.6) is 0 Å². The molecule has 2 heterocycles. The number of H-pyrrole nitrogens is 1. The number of anilines is 1. The quantitative estimate of drug-likeness (QED) is 0.730.